The Morgan fingerprint density at radius 3 is 2.71 bits per heavy atom. The van der Waals surface area contributed by atoms with E-state index >= 15 is 0 Å². The fraction of sp³-hybridized carbons (Fsp3) is 0.667. The molecule has 1 nitrogen and oxygen atoms in total. The van der Waals surface area contributed by atoms with Gasteiger partial charge in [0, 0.05) is 6.42 Å². The van der Waals surface area contributed by atoms with Gasteiger partial charge in [-0.25, -0.2) is 4.79 Å². The van der Waals surface area contributed by atoms with Gasteiger partial charge in [-0.2, -0.15) is 0 Å². The molecule has 7 heavy (non-hydrogen) atoms. The molecule has 1 heteroatoms. The van der Waals surface area contributed by atoms with Crippen LogP contribution in [-0.2, 0) is 4.79 Å². The Hall–Kier alpha value is -0.460. The van der Waals surface area contributed by atoms with Crippen LogP contribution in [0.2, 0.25) is 0 Å². The highest BCUT2D eigenvalue weighted by Gasteiger charge is 2.28. The fourth-order valence-corrected chi connectivity index (χ4v) is 0.819. The summed E-state index contributed by atoms with van der Waals surface area (Å²) in [7, 11) is 0. The Kier molecular flexibility index (Phi) is 1.05. The molecule has 1 aliphatic rings. The van der Waals surface area contributed by atoms with Crippen LogP contribution < -0.4 is 0 Å². The number of rotatable bonds is 0. The molecule has 0 N–H and O–H groups in total. The number of carbonyl (C=O) groups is 1. The molecule has 1 aliphatic carbocycles. The first kappa shape index (κ1) is 4.69. The lowest BCUT2D eigenvalue weighted by Gasteiger charge is -1.83. The van der Waals surface area contributed by atoms with Gasteiger partial charge < -0.3 is 0 Å². The molecule has 0 radical (unpaired) electrons. The number of hydrogen-bond acceptors (Lipinski definition) is 1. The predicted octanol–water partition coefficient (Wildman–Crippen LogP) is 1.19. The third-order valence-electron chi connectivity index (χ3n) is 1.43. The Labute approximate surface area is 43.7 Å². The van der Waals surface area contributed by atoms with E-state index in [2.05, 4.69) is 0 Å². The molecular formula is C6H9O+. The van der Waals surface area contributed by atoms with E-state index in [4.69, 9.17) is 0 Å². The van der Waals surface area contributed by atoms with Gasteiger partial charge in [0.05, 0.1) is 12.3 Å². The summed E-state index contributed by atoms with van der Waals surface area (Å²) in [6, 6.07) is 0. The molecule has 0 aromatic carbocycles. The maximum atomic E-state index is 10.5. The van der Waals surface area contributed by atoms with Crippen molar-refractivity contribution in [3.8, 4) is 0 Å². The highest BCUT2D eigenvalue weighted by Crippen LogP contribution is 2.18. The highest BCUT2D eigenvalue weighted by molar-refractivity contribution is 5.90. The van der Waals surface area contributed by atoms with Crippen molar-refractivity contribution in [3.05, 3.63) is 6.42 Å². The van der Waals surface area contributed by atoms with Crippen LogP contribution in [0.3, 0.4) is 0 Å². The molecule has 1 atom stereocenters. The molecular weight excluding hydrogens is 88.1 g/mol. The highest BCUT2D eigenvalue weighted by atomic mass is 16.1. The van der Waals surface area contributed by atoms with Crippen molar-refractivity contribution in [1.82, 2.24) is 0 Å². The van der Waals surface area contributed by atoms with Crippen molar-refractivity contribution >= 4 is 5.78 Å². The average molecular weight is 97.1 g/mol. The van der Waals surface area contributed by atoms with E-state index in [1.54, 1.807) is 6.42 Å². The summed E-state index contributed by atoms with van der Waals surface area (Å²) in [6.07, 6.45) is 3.85. The standard InChI is InChI=1S/C6H9O/c1-5-3-2-4-6(5)7/h4-5H,2-3H2,1H3/q+1. The number of Topliss-reactive ketones (excluding diaryl/α,β-unsaturated/α-hetero) is 1. The molecule has 0 amide bonds. The lowest BCUT2D eigenvalue weighted by Crippen LogP contribution is -1.99. The SMILES string of the molecule is CC1CC[CH+]C1=O. The average Bonchev–Trinajstić information content (AvgIpc) is 1.91. The first-order chi connectivity index (χ1) is 3.30. The van der Waals surface area contributed by atoms with Gasteiger partial charge in [0.2, 0.25) is 0 Å². The maximum Gasteiger partial charge on any atom is 0.308 e. The molecule has 0 spiro atoms. The van der Waals surface area contributed by atoms with Crippen LogP contribution in [0.15, 0.2) is 0 Å². The van der Waals surface area contributed by atoms with E-state index in [1.807, 2.05) is 6.92 Å². The van der Waals surface area contributed by atoms with Crippen molar-refractivity contribution in [2.45, 2.75) is 19.8 Å². The minimum absolute atomic E-state index is 0.319. The molecule has 1 rings (SSSR count). The van der Waals surface area contributed by atoms with Crippen molar-refractivity contribution in [2.24, 2.45) is 5.92 Å². The monoisotopic (exact) mass is 97.1 g/mol. The smallest absolute Gasteiger partial charge is 0.243 e. The summed E-state index contributed by atoms with van der Waals surface area (Å²) < 4.78 is 0. The lowest BCUT2D eigenvalue weighted by molar-refractivity contribution is -0.117. The molecule has 0 aliphatic heterocycles. The van der Waals surface area contributed by atoms with Crippen LogP contribution in [0.1, 0.15) is 19.8 Å². The van der Waals surface area contributed by atoms with E-state index in [0.717, 1.165) is 12.8 Å². The fourth-order valence-electron chi connectivity index (χ4n) is 0.819. The van der Waals surface area contributed by atoms with Crippen LogP contribution >= 0.6 is 0 Å². The molecule has 0 aromatic rings. The molecule has 1 unspecified atom stereocenters. The summed E-state index contributed by atoms with van der Waals surface area (Å²) in [5.41, 5.74) is 0. The van der Waals surface area contributed by atoms with Gasteiger partial charge in [-0.15, -0.1) is 0 Å². The van der Waals surface area contributed by atoms with Gasteiger partial charge >= 0.3 is 5.78 Å². The lowest BCUT2D eigenvalue weighted by atomic mass is 10.1. The van der Waals surface area contributed by atoms with E-state index in [1.165, 1.54) is 0 Å². The van der Waals surface area contributed by atoms with Crippen molar-refractivity contribution in [1.29, 1.82) is 0 Å². The molecule has 0 bridgehead atoms. The molecule has 0 aromatic heterocycles. The van der Waals surface area contributed by atoms with E-state index in [9.17, 15) is 4.79 Å². The van der Waals surface area contributed by atoms with E-state index in [0.29, 0.717) is 11.7 Å². The van der Waals surface area contributed by atoms with Gasteiger partial charge in [-0.1, -0.05) is 6.92 Å². The quantitative estimate of drug-likeness (QED) is 0.415. The van der Waals surface area contributed by atoms with Crippen LogP contribution in [-0.4, -0.2) is 5.78 Å². The number of carbonyl (C=O) groups excluding carboxylic acids is 1. The zero-order valence-corrected chi connectivity index (χ0v) is 4.48. The number of hydrogen-bond donors (Lipinski definition) is 0. The maximum absolute atomic E-state index is 10.5. The minimum atomic E-state index is 0.319. The Morgan fingerprint density at radius 2 is 2.57 bits per heavy atom. The largest absolute Gasteiger partial charge is 0.308 e. The zero-order chi connectivity index (χ0) is 5.28. The van der Waals surface area contributed by atoms with Gasteiger partial charge in [0.25, 0.3) is 0 Å². The second-order valence-corrected chi connectivity index (χ2v) is 2.08. The topological polar surface area (TPSA) is 17.1 Å². The predicted molar refractivity (Wildman–Crippen MR) is 27.7 cm³/mol. The summed E-state index contributed by atoms with van der Waals surface area (Å²) >= 11 is 0. The van der Waals surface area contributed by atoms with Crippen molar-refractivity contribution < 1.29 is 4.79 Å². The van der Waals surface area contributed by atoms with Crippen LogP contribution in [0.25, 0.3) is 0 Å². The third-order valence-corrected chi connectivity index (χ3v) is 1.43. The number of ketones is 1. The van der Waals surface area contributed by atoms with Crippen LogP contribution in [0.4, 0.5) is 0 Å². The van der Waals surface area contributed by atoms with Crippen LogP contribution in [0.5, 0.6) is 0 Å². The van der Waals surface area contributed by atoms with E-state index in [-0.39, 0.29) is 0 Å². The summed E-state index contributed by atoms with van der Waals surface area (Å²) in [5.74, 6) is 0.653. The van der Waals surface area contributed by atoms with Gasteiger partial charge in [0.15, 0.2) is 0 Å². The molecule has 1 fully saturated rings. The van der Waals surface area contributed by atoms with Crippen molar-refractivity contribution in [2.75, 3.05) is 0 Å². The second-order valence-electron chi connectivity index (χ2n) is 2.08. The molecule has 0 saturated heterocycles. The zero-order valence-electron chi connectivity index (χ0n) is 4.48. The minimum Gasteiger partial charge on any atom is -0.243 e. The summed E-state index contributed by atoms with van der Waals surface area (Å²) in [6.45, 7) is 1.98. The summed E-state index contributed by atoms with van der Waals surface area (Å²) in [5, 5.41) is 0. The van der Waals surface area contributed by atoms with Gasteiger partial charge in [-0.05, 0) is 0 Å². The second kappa shape index (κ2) is 1.57. The Bertz CT molecular complexity index is 86.2. The Morgan fingerprint density at radius 1 is 1.86 bits per heavy atom. The molecule has 38 valence electrons. The first-order valence-corrected chi connectivity index (χ1v) is 2.68. The molecule has 0 heterocycles. The Balaban J connectivity index is 2.48. The van der Waals surface area contributed by atoms with Crippen LogP contribution in [0, 0.1) is 12.3 Å². The van der Waals surface area contributed by atoms with Crippen molar-refractivity contribution in [3.63, 3.8) is 0 Å². The summed E-state index contributed by atoms with van der Waals surface area (Å²) in [4.78, 5) is 10.5. The normalized spacial score (nSPS) is 30.4. The van der Waals surface area contributed by atoms with E-state index < -0.39 is 0 Å². The van der Waals surface area contributed by atoms with Gasteiger partial charge in [0.1, 0.15) is 6.42 Å². The third kappa shape index (κ3) is 0.763. The molecule has 1 saturated carbocycles. The first-order valence-electron chi connectivity index (χ1n) is 2.68. The van der Waals surface area contributed by atoms with Gasteiger partial charge in [-0.3, -0.25) is 0 Å².